The zero-order valence-electron chi connectivity index (χ0n) is 9.92. The monoisotopic (exact) mass is 205 g/mol. The second kappa shape index (κ2) is 4.47. The van der Waals surface area contributed by atoms with E-state index in [4.69, 9.17) is 0 Å². The quantitative estimate of drug-likeness (QED) is 0.807. The standard InChI is InChI=1S/C13H19NO/c1-10-6-5-7-12(8-10)9-13(3,4)14-11(2)15/h5-8H,9H2,1-4H3,(H,14,15). The fourth-order valence-corrected chi connectivity index (χ4v) is 1.85. The molecule has 0 radical (unpaired) electrons. The molecule has 2 nitrogen and oxygen atoms in total. The summed E-state index contributed by atoms with van der Waals surface area (Å²) in [6.07, 6.45) is 0.855. The fraction of sp³-hybridized carbons (Fsp3) is 0.462. The molecule has 0 fully saturated rings. The van der Waals surface area contributed by atoms with Crippen molar-refractivity contribution >= 4 is 5.91 Å². The van der Waals surface area contributed by atoms with Crippen LogP contribution in [0.15, 0.2) is 24.3 Å². The first-order valence-electron chi connectivity index (χ1n) is 5.23. The molecule has 1 aromatic rings. The van der Waals surface area contributed by atoms with Gasteiger partial charge in [0.25, 0.3) is 0 Å². The number of carbonyl (C=O) groups excluding carboxylic acids is 1. The Morgan fingerprint density at radius 2 is 2.07 bits per heavy atom. The minimum absolute atomic E-state index is 0.0210. The van der Waals surface area contributed by atoms with Crippen LogP contribution in [0.2, 0.25) is 0 Å². The Morgan fingerprint density at radius 3 is 2.60 bits per heavy atom. The first-order chi connectivity index (χ1) is 6.89. The summed E-state index contributed by atoms with van der Waals surface area (Å²) < 4.78 is 0. The molecule has 0 aliphatic carbocycles. The fourth-order valence-electron chi connectivity index (χ4n) is 1.85. The van der Waals surface area contributed by atoms with Crippen LogP contribution in [-0.4, -0.2) is 11.4 Å². The van der Waals surface area contributed by atoms with Gasteiger partial charge in [0.05, 0.1) is 0 Å². The third-order valence-electron chi connectivity index (χ3n) is 2.24. The zero-order valence-corrected chi connectivity index (χ0v) is 9.92. The third-order valence-corrected chi connectivity index (χ3v) is 2.24. The smallest absolute Gasteiger partial charge is 0.217 e. The summed E-state index contributed by atoms with van der Waals surface area (Å²) in [6.45, 7) is 7.71. The summed E-state index contributed by atoms with van der Waals surface area (Å²) in [7, 11) is 0. The van der Waals surface area contributed by atoms with Crippen LogP contribution in [0.3, 0.4) is 0 Å². The van der Waals surface area contributed by atoms with Crippen LogP contribution in [0, 0.1) is 6.92 Å². The van der Waals surface area contributed by atoms with Crippen LogP contribution in [-0.2, 0) is 11.2 Å². The first kappa shape index (κ1) is 11.8. The molecular formula is C13H19NO. The van der Waals surface area contributed by atoms with E-state index < -0.39 is 0 Å². The van der Waals surface area contributed by atoms with Crippen LogP contribution in [0.25, 0.3) is 0 Å². The number of rotatable bonds is 3. The average molecular weight is 205 g/mol. The molecule has 0 bridgehead atoms. The zero-order chi connectivity index (χ0) is 11.5. The van der Waals surface area contributed by atoms with E-state index in [0.29, 0.717) is 0 Å². The highest BCUT2D eigenvalue weighted by molar-refractivity contribution is 5.73. The Hall–Kier alpha value is -1.31. The van der Waals surface area contributed by atoms with Crippen molar-refractivity contribution in [2.75, 3.05) is 0 Å². The highest BCUT2D eigenvalue weighted by Gasteiger charge is 2.18. The SMILES string of the molecule is CC(=O)NC(C)(C)Cc1cccc(C)c1. The van der Waals surface area contributed by atoms with Gasteiger partial charge in [0.1, 0.15) is 0 Å². The molecular weight excluding hydrogens is 186 g/mol. The Kier molecular flexibility index (Phi) is 3.51. The van der Waals surface area contributed by atoms with E-state index in [2.05, 4.69) is 36.5 Å². The molecule has 82 valence electrons. The topological polar surface area (TPSA) is 29.1 Å². The molecule has 0 saturated heterocycles. The van der Waals surface area contributed by atoms with Gasteiger partial charge in [-0.3, -0.25) is 4.79 Å². The van der Waals surface area contributed by atoms with E-state index in [1.165, 1.54) is 11.1 Å². The summed E-state index contributed by atoms with van der Waals surface area (Å²) in [5.74, 6) is 0.0210. The van der Waals surface area contributed by atoms with E-state index >= 15 is 0 Å². The third kappa shape index (κ3) is 4.15. The van der Waals surface area contributed by atoms with Crippen LogP contribution < -0.4 is 5.32 Å². The Morgan fingerprint density at radius 1 is 1.40 bits per heavy atom. The van der Waals surface area contributed by atoms with Crippen molar-refractivity contribution in [3.05, 3.63) is 35.4 Å². The minimum Gasteiger partial charge on any atom is -0.351 e. The maximum absolute atomic E-state index is 11.0. The van der Waals surface area contributed by atoms with Gasteiger partial charge in [-0.15, -0.1) is 0 Å². The molecule has 2 heteroatoms. The molecule has 1 rings (SSSR count). The number of aryl methyl sites for hydroxylation is 1. The van der Waals surface area contributed by atoms with Crippen molar-refractivity contribution in [1.29, 1.82) is 0 Å². The van der Waals surface area contributed by atoms with Gasteiger partial charge < -0.3 is 5.32 Å². The Balaban J connectivity index is 2.72. The second-order valence-electron chi connectivity index (χ2n) is 4.73. The number of hydrogen-bond acceptors (Lipinski definition) is 1. The maximum Gasteiger partial charge on any atom is 0.217 e. The number of hydrogen-bond donors (Lipinski definition) is 1. The normalized spacial score (nSPS) is 11.2. The summed E-state index contributed by atoms with van der Waals surface area (Å²) in [5.41, 5.74) is 2.33. The van der Waals surface area contributed by atoms with Gasteiger partial charge in [0, 0.05) is 12.5 Å². The highest BCUT2D eigenvalue weighted by atomic mass is 16.1. The minimum atomic E-state index is -0.181. The van der Waals surface area contributed by atoms with E-state index in [1.807, 2.05) is 13.8 Å². The summed E-state index contributed by atoms with van der Waals surface area (Å²) in [4.78, 5) is 11.0. The van der Waals surface area contributed by atoms with E-state index in [9.17, 15) is 4.79 Å². The first-order valence-corrected chi connectivity index (χ1v) is 5.23. The molecule has 0 saturated carbocycles. The lowest BCUT2D eigenvalue weighted by Gasteiger charge is -2.25. The predicted octanol–water partition coefficient (Wildman–Crippen LogP) is 2.45. The number of amides is 1. The van der Waals surface area contributed by atoms with Crippen LogP contribution in [0.5, 0.6) is 0 Å². The van der Waals surface area contributed by atoms with Gasteiger partial charge in [0.15, 0.2) is 0 Å². The average Bonchev–Trinajstić information content (AvgIpc) is 1.99. The predicted molar refractivity (Wildman–Crippen MR) is 62.8 cm³/mol. The molecule has 0 aliphatic heterocycles. The van der Waals surface area contributed by atoms with Crippen molar-refractivity contribution in [1.82, 2.24) is 5.32 Å². The highest BCUT2D eigenvalue weighted by Crippen LogP contribution is 2.13. The van der Waals surface area contributed by atoms with Crippen molar-refractivity contribution in [2.45, 2.75) is 39.7 Å². The van der Waals surface area contributed by atoms with Crippen molar-refractivity contribution in [2.24, 2.45) is 0 Å². The maximum atomic E-state index is 11.0. The molecule has 0 spiro atoms. The van der Waals surface area contributed by atoms with Crippen LogP contribution in [0.4, 0.5) is 0 Å². The van der Waals surface area contributed by atoms with Gasteiger partial charge in [-0.05, 0) is 32.8 Å². The molecule has 1 amide bonds. The number of carbonyl (C=O) groups is 1. The summed E-state index contributed by atoms with van der Waals surface area (Å²) >= 11 is 0. The van der Waals surface area contributed by atoms with Gasteiger partial charge in [-0.2, -0.15) is 0 Å². The van der Waals surface area contributed by atoms with Gasteiger partial charge in [-0.25, -0.2) is 0 Å². The van der Waals surface area contributed by atoms with Crippen LogP contribution >= 0.6 is 0 Å². The van der Waals surface area contributed by atoms with Crippen molar-refractivity contribution in [3.8, 4) is 0 Å². The molecule has 0 atom stereocenters. The Labute approximate surface area is 91.7 Å². The second-order valence-corrected chi connectivity index (χ2v) is 4.73. The lowest BCUT2D eigenvalue weighted by molar-refractivity contribution is -0.120. The number of nitrogens with one attached hydrogen (secondary N) is 1. The Bertz CT molecular complexity index is 355. The largest absolute Gasteiger partial charge is 0.351 e. The van der Waals surface area contributed by atoms with Crippen molar-refractivity contribution in [3.63, 3.8) is 0 Å². The summed E-state index contributed by atoms with van der Waals surface area (Å²) in [6, 6.07) is 8.38. The lowest BCUT2D eigenvalue weighted by Crippen LogP contribution is -2.43. The molecule has 0 aliphatic rings. The summed E-state index contributed by atoms with van der Waals surface area (Å²) in [5, 5.41) is 2.95. The lowest BCUT2D eigenvalue weighted by atomic mass is 9.94. The van der Waals surface area contributed by atoms with E-state index in [0.717, 1.165) is 6.42 Å². The van der Waals surface area contributed by atoms with Gasteiger partial charge >= 0.3 is 0 Å². The van der Waals surface area contributed by atoms with Crippen LogP contribution in [0.1, 0.15) is 31.9 Å². The molecule has 0 aromatic heterocycles. The van der Waals surface area contributed by atoms with Gasteiger partial charge in [-0.1, -0.05) is 29.8 Å². The molecule has 15 heavy (non-hydrogen) atoms. The number of benzene rings is 1. The van der Waals surface area contributed by atoms with E-state index in [1.54, 1.807) is 6.92 Å². The van der Waals surface area contributed by atoms with Gasteiger partial charge in [0.2, 0.25) is 5.91 Å². The molecule has 1 N–H and O–H groups in total. The molecule has 0 unspecified atom stereocenters. The van der Waals surface area contributed by atoms with Crippen molar-refractivity contribution < 1.29 is 4.79 Å². The molecule has 0 heterocycles. The molecule has 1 aromatic carbocycles. The van der Waals surface area contributed by atoms with E-state index in [-0.39, 0.29) is 11.4 Å².